The zero-order chi connectivity index (χ0) is 26.0. The normalized spacial score (nSPS) is 10.9. The summed E-state index contributed by atoms with van der Waals surface area (Å²) in [6.45, 7) is 4.91. The van der Waals surface area contributed by atoms with Crippen molar-refractivity contribution in [1.82, 2.24) is 10.4 Å². The van der Waals surface area contributed by atoms with Gasteiger partial charge in [0, 0.05) is 22.2 Å². The van der Waals surface area contributed by atoms with Crippen LogP contribution >= 0.6 is 22.9 Å². The van der Waals surface area contributed by atoms with Crippen LogP contribution in [0.1, 0.15) is 36.2 Å². The number of nitrogens with one attached hydrogen (secondary N) is 2. The van der Waals surface area contributed by atoms with Gasteiger partial charge in [0.05, 0.1) is 30.1 Å². The minimum Gasteiger partial charge on any atom is -0.490 e. The van der Waals surface area contributed by atoms with Gasteiger partial charge in [-0.25, -0.2) is 10.4 Å². The second-order valence-electron chi connectivity index (χ2n) is 7.92. The Bertz CT molecular complexity index is 1360. The number of hydrazone groups is 1. The number of anilines is 2. The number of carbonyl (C=O) groups excluding carboxylic acids is 1. The van der Waals surface area contributed by atoms with E-state index in [1.54, 1.807) is 24.3 Å². The number of benzene rings is 3. The average Bonchev–Trinajstić information content (AvgIpc) is 3.37. The first-order valence-electron chi connectivity index (χ1n) is 11.9. The standard InChI is InChI=1S/C28H27ClN4O3S/c1-3-14-36-26-23(29)15-19(16-25(26)35-4-2)17-30-33-27(34)21-12-10-20(11-13-21)24-18-37-28(32-24)31-22-8-6-5-7-9-22/h5-13,15-18H,3-4,14H2,1-2H3,(H,31,32)(H,33,34)/b30-17-. The van der Waals surface area contributed by atoms with Gasteiger partial charge in [-0.1, -0.05) is 48.9 Å². The highest BCUT2D eigenvalue weighted by molar-refractivity contribution is 7.14. The van der Waals surface area contributed by atoms with Gasteiger partial charge in [-0.2, -0.15) is 5.10 Å². The maximum Gasteiger partial charge on any atom is 0.271 e. The first-order chi connectivity index (χ1) is 18.1. The predicted molar refractivity (Wildman–Crippen MR) is 151 cm³/mol. The molecular formula is C28H27ClN4O3S. The highest BCUT2D eigenvalue weighted by atomic mass is 35.5. The van der Waals surface area contributed by atoms with Crippen molar-refractivity contribution < 1.29 is 14.3 Å². The number of aromatic nitrogens is 1. The molecule has 0 fully saturated rings. The Labute approximate surface area is 225 Å². The molecular weight excluding hydrogens is 508 g/mol. The smallest absolute Gasteiger partial charge is 0.271 e. The zero-order valence-corrected chi connectivity index (χ0v) is 22.1. The summed E-state index contributed by atoms with van der Waals surface area (Å²) in [4.78, 5) is 17.2. The Morgan fingerprint density at radius 3 is 2.59 bits per heavy atom. The Balaban J connectivity index is 1.38. The number of halogens is 1. The van der Waals surface area contributed by atoms with Crippen molar-refractivity contribution in [2.75, 3.05) is 18.5 Å². The number of thiazole rings is 1. The number of rotatable bonds is 11. The number of hydrogen-bond acceptors (Lipinski definition) is 7. The molecule has 0 saturated heterocycles. The minimum atomic E-state index is -0.327. The summed E-state index contributed by atoms with van der Waals surface area (Å²) in [5, 5.41) is 10.6. The third-order valence-electron chi connectivity index (χ3n) is 5.13. The lowest BCUT2D eigenvalue weighted by Crippen LogP contribution is -2.17. The Morgan fingerprint density at radius 2 is 1.86 bits per heavy atom. The largest absolute Gasteiger partial charge is 0.490 e. The van der Waals surface area contributed by atoms with Gasteiger partial charge < -0.3 is 14.8 Å². The zero-order valence-electron chi connectivity index (χ0n) is 20.5. The molecule has 0 saturated carbocycles. The summed E-state index contributed by atoms with van der Waals surface area (Å²) in [5.74, 6) is 0.720. The molecule has 1 amide bonds. The second kappa shape index (κ2) is 12.9. The molecule has 1 heterocycles. The number of hydrogen-bond donors (Lipinski definition) is 2. The van der Waals surface area contributed by atoms with Crippen LogP contribution in [0.15, 0.2) is 77.2 Å². The number of para-hydroxylation sites is 1. The molecule has 190 valence electrons. The number of nitrogens with zero attached hydrogens (tertiary/aromatic N) is 2. The van der Waals surface area contributed by atoms with Gasteiger partial charge >= 0.3 is 0 Å². The molecule has 0 spiro atoms. The number of amides is 1. The second-order valence-corrected chi connectivity index (χ2v) is 9.18. The van der Waals surface area contributed by atoms with Gasteiger partial charge in [0.2, 0.25) is 0 Å². The summed E-state index contributed by atoms with van der Waals surface area (Å²) in [5.41, 5.74) is 6.44. The Morgan fingerprint density at radius 1 is 1.08 bits per heavy atom. The van der Waals surface area contributed by atoms with Crippen molar-refractivity contribution in [2.45, 2.75) is 20.3 Å². The lowest BCUT2D eigenvalue weighted by molar-refractivity contribution is 0.0955. The van der Waals surface area contributed by atoms with Crippen molar-refractivity contribution in [3.63, 3.8) is 0 Å². The van der Waals surface area contributed by atoms with Gasteiger partial charge in [-0.15, -0.1) is 11.3 Å². The van der Waals surface area contributed by atoms with Gasteiger partial charge in [0.1, 0.15) is 0 Å². The molecule has 0 unspecified atom stereocenters. The van der Waals surface area contributed by atoms with Gasteiger partial charge in [-0.05, 0) is 55.3 Å². The van der Waals surface area contributed by atoms with Crippen molar-refractivity contribution in [3.8, 4) is 22.8 Å². The summed E-state index contributed by atoms with van der Waals surface area (Å²) in [6.07, 6.45) is 2.37. The van der Waals surface area contributed by atoms with E-state index in [9.17, 15) is 4.79 Å². The monoisotopic (exact) mass is 534 g/mol. The van der Waals surface area contributed by atoms with E-state index in [0.717, 1.165) is 28.5 Å². The molecule has 9 heteroatoms. The molecule has 2 N–H and O–H groups in total. The van der Waals surface area contributed by atoms with E-state index in [4.69, 9.17) is 21.1 Å². The highest BCUT2D eigenvalue weighted by Gasteiger charge is 2.12. The van der Waals surface area contributed by atoms with Crippen LogP contribution in [0.5, 0.6) is 11.5 Å². The van der Waals surface area contributed by atoms with Crippen molar-refractivity contribution >= 4 is 45.9 Å². The lowest BCUT2D eigenvalue weighted by atomic mass is 10.1. The van der Waals surface area contributed by atoms with E-state index < -0.39 is 0 Å². The van der Waals surface area contributed by atoms with E-state index in [-0.39, 0.29) is 5.91 Å². The van der Waals surface area contributed by atoms with Crippen molar-refractivity contribution in [2.24, 2.45) is 5.10 Å². The topological polar surface area (TPSA) is 84.8 Å². The van der Waals surface area contributed by atoms with Crippen LogP contribution in [0.2, 0.25) is 5.02 Å². The van der Waals surface area contributed by atoms with E-state index in [0.29, 0.717) is 40.9 Å². The molecule has 4 aromatic rings. The van der Waals surface area contributed by atoms with Crippen LogP contribution in [0, 0.1) is 0 Å². The first-order valence-corrected chi connectivity index (χ1v) is 13.1. The molecule has 0 radical (unpaired) electrons. The Kier molecular flexibility index (Phi) is 9.13. The van der Waals surface area contributed by atoms with Crippen LogP contribution in [-0.4, -0.2) is 30.3 Å². The quantitative estimate of drug-likeness (QED) is 0.157. The van der Waals surface area contributed by atoms with Crippen LogP contribution in [0.25, 0.3) is 11.3 Å². The lowest BCUT2D eigenvalue weighted by Gasteiger charge is -2.13. The summed E-state index contributed by atoms with van der Waals surface area (Å²) < 4.78 is 11.4. The fraction of sp³-hybridized carbons (Fsp3) is 0.179. The molecule has 0 aliphatic carbocycles. The maximum atomic E-state index is 12.6. The molecule has 4 rings (SSSR count). The third kappa shape index (κ3) is 7.09. The molecule has 7 nitrogen and oxygen atoms in total. The molecule has 0 aliphatic rings. The molecule has 0 aliphatic heterocycles. The van der Waals surface area contributed by atoms with Crippen LogP contribution < -0.4 is 20.2 Å². The highest BCUT2D eigenvalue weighted by Crippen LogP contribution is 2.36. The fourth-order valence-electron chi connectivity index (χ4n) is 3.40. The SMILES string of the molecule is CCCOc1c(Cl)cc(/C=N\NC(=O)c2ccc(-c3csc(Nc4ccccc4)n3)cc2)cc1OCC. The van der Waals surface area contributed by atoms with E-state index in [1.807, 2.05) is 61.7 Å². The van der Waals surface area contributed by atoms with E-state index >= 15 is 0 Å². The number of carbonyl (C=O) groups is 1. The average molecular weight is 535 g/mol. The summed E-state index contributed by atoms with van der Waals surface area (Å²) >= 11 is 7.91. The van der Waals surface area contributed by atoms with E-state index in [1.165, 1.54) is 17.6 Å². The van der Waals surface area contributed by atoms with Crippen molar-refractivity contribution in [3.05, 3.63) is 88.3 Å². The number of ether oxygens (including phenoxy) is 2. The predicted octanol–water partition coefficient (Wildman–Crippen LogP) is 7.16. The Hall–Kier alpha value is -3.88. The molecule has 3 aromatic carbocycles. The molecule has 37 heavy (non-hydrogen) atoms. The van der Waals surface area contributed by atoms with Crippen molar-refractivity contribution in [1.29, 1.82) is 0 Å². The summed E-state index contributed by atoms with van der Waals surface area (Å²) in [7, 11) is 0. The third-order valence-corrected chi connectivity index (χ3v) is 6.17. The fourth-order valence-corrected chi connectivity index (χ4v) is 4.41. The molecule has 1 aromatic heterocycles. The van der Waals surface area contributed by atoms with Gasteiger partial charge in [-0.3, -0.25) is 4.79 Å². The van der Waals surface area contributed by atoms with Crippen LogP contribution in [0.3, 0.4) is 0 Å². The molecule has 0 bridgehead atoms. The minimum absolute atomic E-state index is 0.327. The van der Waals surface area contributed by atoms with Gasteiger partial charge in [0.15, 0.2) is 16.6 Å². The van der Waals surface area contributed by atoms with Crippen LogP contribution in [0.4, 0.5) is 10.8 Å². The maximum absolute atomic E-state index is 12.6. The van der Waals surface area contributed by atoms with E-state index in [2.05, 4.69) is 20.8 Å². The molecule has 0 atom stereocenters. The van der Waals surface area contributed by atoms with Crippen LogP contribution in [-0.2, 0) is 0 Å². The first kappa shape index (κ1) is 26.2. The van der Waals surface area contributed by atoms with Gasteiger partial charge in [0.25, 0.3) is 5.91 Å². The summed E-state index contributed by atoms with van der Waals surface area (Å²) in [6, 6.07) is 20.6.